The lowest BCUT2D eigenvalue weighted by Gasteiger charge is -2.10. The number of hydrogen-bond acceptors (Lipinski definition) is 3. The fraction of sp³-hybridized carbons (Fsp3) is 0.455. The van der Waals surface area contributed by atoms with Crippen LogP contribution in [-0.4, -0.2) is 14.5 Å². The molecule has 0 aliphatic heterocycles. The van der Waals surface area contributed by atoms with Crippen LogP contribution in [0.5, 0.6) is 0 Å². The topological polar surface area (TPSA) is 72.2 Å². The van der Waals surface area contributed by atoms with Crippen molar-refractivity contribution in [2.45, 2.75) is 31.2 Å². The maximum absolute atomic E-state index is 12.1. The van der Waals surface area contributed by atoms with Gasteiger partial charge in [-0.15, -0.1) is 0 Å². The molecule has 0 saturated heterocycles. The normalized spacial score (nSPS) is 23.7. The van der Waals surface area contributed by atoms with Crippen molar-refractivity contribution in [1.29, 1.82) is 0 Å². The minimum atomic E-state index is -3.57. The standard InChI is InChI=1S/C11H15ClN2O2S/c1-6-4-9(6)14-17(15,16)10-5-8(13)3-7(2)11(10)12/h3,5-6,9,14H,4,13H2,1-2H3. The predicted molar refractivity (Wildman–Crippen MR) is 68.5 cm³/mol. The number of benzene rings is 1. The average Bonchev–Trinajstić information content (AvgIpc) is 2.86. The van der Waals surface area contributed by atoms with Crippen LogP contribution in [0.4, 0.5) is 5.69 Å². The molecule has 1 aliphatic rings. The Labute approximate surface area is 106 Å². The number of sulfonamides is 1. The Bertz CT molecular complexity index is 557. The van der Waals surface area contributed by atoms with Gasteiger partial charge in [0.1, 0.15) is 4.90 Å². The van der Waals surface area contributed by atoms with Gasteiger partial charge >= 0.3 is 0 Å². The molecular formula is C11H15ClN2O2S. The third kappa shape index (κ3) is 2.56. The van der Waals surface area contributed by atoms with E-state index in [-0.39, 0.29) is 16.0 Å². The smallest absolute Gasteiger partial charge is 0.242 e. The number of nitrogens with two attached hydrogens (primary N) is 1. The largest absolute Gasteiger partial charge is 0.399 e. The fourth-order valence-corrected chi connectivity index (χ4v) is 3.66. The molecule has 0 spiro atoms. The summed E-state index contributed by atoms with van der Waals surface area (Å²) in [5.41, 5.74) is 6.71. The number of rotatable bonds is 3. The SMILES string of the molecule is Cc1cc(N)cc(S(=O)(=O)NC2CC2C)c1Cl. The third-order valence-corrected chi connectivity index (χ3v) is 5.08. The molecule has 94 valence electrons. The van der Waals surface area contributed by atoms with Crippen molar-refractivity contribution < 1.29 is 8.42 Å². The first-order valence-corrected chi connectivity index (χ1v) is 7.25. The lowest BCUT2D eigenvalue weighted by molar-refractivity contribution is 0.578. The molecule has 6 heteroatoms. The first-order valence-electron chi connectivity index (χ1n) is 5.39. The van der Waals surface area contributed by atoms with Gasteiger partial charge in [-0.1, -0.05) is 18.5 Å². The Morgan fingerprint density at radius 2 is 2.06 bits per heavy atom. The molecule has 0 aromatic heterocycles. The van der Waals surface area contributed by atoms with Gasteiger partial charge in [0, 0.05) is 11.7 Å². The van der Waals surface area contributed by atoms with E-state index < -0.39 is 10.0 Å². The molecule has 0 heterocycles. The number of anilines is 1. The Kier molecular flexibility index (Phi) is 3.10. The van der Waals surface area contributed by atoms with E-state index in [0.717, 1.165) is 6.42 Å². The number of aryl methyl sites for hydroxylation is 1. The number of nitrogen functional groups attached to an aromatic ring is 1. The highest BCUT2D eigenvalue weighted by atomic mass is 35.5. The van der Waals surface area contributed by atoms with Crippen molar-refractivity contribution in [3.8, 4) is 0 Å². The van der Waals surface area contributed by atoms with E-state index in [1.807, 2.05) is 6.92 Å². The van der Waals surface area contributed by atoms with Crippen molar-refractivity contribution in [1.82, 2.24) is 4.72 Å². The molecule has 1 aliphatic carbocycles. The highest BCUT2D eigenvalue weighted by Gasteiger charge is 2.37. The molecule has 0 bridgehead atoms. The summed E-state index contributed by atoms with van der Waals surface area (Å²) in [6.07, 6.45) is 0.873. The quantitative estimate of drug-likeness (QED) is 0.827. The summed E-state index contributed by atoms with van der Waals surface area (Å²) in [5, 5.41) is 0.236. The van der Waals surface area contributed by atoms with Crippen LogP contribution in [0.3, 0.4) is 0 Å². The molecule has 1 aromatic rings. The van der Waals surface area contributed by atoms with Gasteiger partial charge in [0.25, 0.3) is 0 Å². The summed E-state index contributed by atoms with van der Waals surface area (Å²) in [7, 11) is -3.57. The first kappa shape index (κ1) is 12.7. The van der Waals surface area contributed by atoms with E-state index in [0.29, 0.717) is 17.2 Å². The van der Waals surface area contributed by atoms with Crippen LogP contribution < -0.4 is 10.5 Å². The molecule has 2 rings (SSSR count). The van der Waals surface area contributed by atoms with Gasteiger partial charge in [-0.3, -0.25) is 0 Å². The summed E-state index contributed by atoms with van der Waals surface area (Å²) in [6.45, 7) is 3.73. The highest BCUT2D eigenvalue weighted by molar-refractivity contribution is 7.89. The Morgan fingerprint density at radius 3 is 2.59 bits per heavy atom. The van der Waals surface area contributed by atoms with E-state index in [9.17, 15) is 8.42 Å². The van der Waals surface area contributed by atoms with Crippen LogP contribution in [-0.2, 0) is 10.0 Å². The third-order valence-electron chi connectivity index (χ3n) is 2.95. The van der Waals surface area contributed by atoms with Crippen LogP contribution in [0.2, 0.25) is 5.02 Å². The molecule has 1 fully saturated rings. The summed E-state index contributed by atoms with van der Waals surface area (Å²) in [4.78, 5) is 0.0655. The van der Waals surface area contributed by atoms with E-state index in [2.05, 4.69) is 4.72 Å². The van der Waals surface area contributed by atoms with Crippen molar-refractivity contribution in [2.24, 2.45) is 5.92 Å². The Balaban J connectivity index is 2.39. The van der Waals surface area contributed by atoms with E-state index in [4.69, 9.17) is 17.3 Å². The minimum absolute atomic E-state index is 0.0257. The van der Waals surface area contributed by atoms with Gasteiger partial charge in [-0.25, -0.2) is 13.1 Å². The molecule has 1 saturated carbocycles. The van der Waals surface area contributed by atoms with Crippen LogP contribution in [0.15, 0.2) is 17.0 Å². The van der Waals surface area contributed by atoms with E-state index in [1.54, 1.807) is 13.0 Å². The van der Waals surface area contributed by atoms with Crippen LogP contribution in [0, 0.1) is 12.8 Å². The second kappa shape index (κ2) is 4.15. The summed E-state index contributed by atoms with van der Waals surface area (Å²) in [5.74, 6) is 0.394. The Morgan fingerprint density at radius 1 is 1.47 bits per heavy atom. The number of hydrogen-bond donors (Lipinski definition) is 2. The molecular weight excluding hydrogens is 260 g/mol. The van der Waals surface area contributed by atoms with Gasteiger partial charge in [-0.05, 0) is 37.0 Å². The maximum atomic E-state index is 12.1. The molecule has 2 atom stereocenters. The fourth-order valence-electron chi connectivity index (χ4n) is 1.71. The summed E-state index contributed by atoms with van der Waals surface area (Å²) >= 11 is 6.02. The van der Waals surface area contributed by atoms with Crippen LogP contribution >= 0.6 is 11.6 Å². The zero-order valence-electron chi connectivity index (χ0n) is 9.70. The Hall–Kier alpha value is -0.780. The van der Waals surface area contributed by atoms with Gasteiger partial charge in [0.15, 0.2) is 0 Å². The van der Waals surface area contributed by atoms with E-state index >= 15 is 0 Å². The number of halogens is 1. The van der Waals surface area contributed by atoms with Gasteiger partial charge in [0.2, 0.25) is 10.0 Å². The van der Waals surface area contributed by atoms with Gasteiger partial charge in [-0.2, -0.15) is 0 Å². The second-order valence-electron chi connectivity index (χ2n) is 4.59. The lowest BCUT2D eigenvalue weighted by atomic mass is 10.2. The summed E-state index contributed by atoms with van der Waals surface area (Å²) < 4.78 is 26.8. The van der Waals surface area contributed by atoms with Crippen molar-refractivity contribution in [3.63, 3.8) is 0 Å². The molecule has 0 amide bonds. The van der Waals surface area contributed by atoms with Crippen LogP contribution in [0.25, 0.3) is 0 Å². The minimum Gasteiger partial charge on any atom is -0.399 e. The molecule has 1 aromatic carbocycles. The maximum Gasteiger partial charge on any atom is 0.242 e. The lowest BCUT2D eigenvalue weighted by Crippen LogP contribution is -2.27. The van der Waals surface area contributed by atoms with Crippen molar-refractivity contribution in [2.75, 3.05) is 5.73 Å². The monoisotopic (exact) mass is 274 g/mol. The average molecular weight is 275 g/mol. The predicted octanol–water partition coefficient (Wildman–Crippen LogP) is 1.92. The molecule has 4 nitrogen and oxygen atoms in total. The van der Waals surface area contributed by atoms with Gasteiger partial charge < -0.3 is 5.73 Å². The highest BCUT2D eigenvalue weighted by Crippen LogP contribution is 2.33. The molecule has 2 unspecified atom stereocenters. The van der Waals surface area contributed by atoms with Gasteiger partial charge in [0.05, 0.1) is 5.02 Å². The zero-order valence-corrected chi connectivity index (χ0v) is 11.3. The molecule has 17 heavy (non-hydrogen) atoms. The van der Waals surface area contributed by atoms with Crippen molar-refractivity contribution in [3.05, 3.63) is 22.7 Å². The zero-order chi connectivity index (χ0) is 12.8. The second-order valence-corrected chi connectivity index (χ2v) is 6.65. The number of nitrogens with one attached hydrogen (secondary N) is 1. The first-order chi connectivity index (χ1) is 7.81. The van der Waals surface area contributed by atoms with Crippen molar-refractivity contribution >= 4 is 27.3 Å². The summed E-state index contributed by atoms with van der Waals surface area (Å²) in [6, 6.07) is 3.07. The molecule has 3 N–H and O–H groups in total. The molecule has 0 radical (unpaired) electrons. The van der Waals surface area contributed by atoms with E-state index in [1.165, 1.54) is 6.07 Å². The van der Waals surface area contributed by atoms with Crippen LogP contribution in [0.1, 0.15) is 18.9 Å².